The number of hydrogen-bond acceptors (Lipinski definition) is 0. The van der Waals surface area contributed by atoms with Crippen molar-refractivity contribution in [2.24, 2.45) is 0 Å². The lowest BCUT2D eigenvalue weighted by molar-refractivity contribution is 1.67. The summed E-state index contributed by atoms with van der Waals surface area (Å²) in [4.78, 5) is 3.30. The summed E-state index contributed by atoms with van der Waals surface area (Å²) in [7, 11) is 0. The minimum atomic E-state index is 0.587. The average Bonchev–Trinajstić information content (AvgIpc) is 2.04. The Hall–Kier alpha value is -1.26. The quantitative estimate of drug-likeness (QED) is 0.558. The number of hydrogen-bond donors (Lipinski definition) is 0. The molecular formula is C9H6ClN. The van der Waals surface area contributed by atoms with Gasteiger partial charge in [0.25, 0.3) is 0 Å². The van der Waals surface area contributed by atoms with Gasteiger partial charge in [-0.1, -0.05) is 36.4 Å². The Morgan fingerprint density at radius 1 is 1.55 bits per heavy atom. The third-order valence-electron chi connectivity index (χ3n) is 1.33. The van der Waals surface area contributed by atoms with E-state index in [4.69, 9.17) is 18.2 Å². The fourth-order valence-corrected chi connectivity index (χ4v) is 0.971. The van der Waals surface area contributed by atoms with Crippen LogP contribution in [-0.2, 0) is 0 Å². The van der Waals surface area contributed by atoms with E-state index in [0.29, 0.717) is 10.7 Å². The molecule has 1 aromatic rings. The molecule has 0 aliphatic rings. The first kappa shape index (κ1) is 7.84. The van der Waals surface area contributed by atoms with Crippen LogP contribution in [0.1, 0.15) is 5.56 Å². The zero-order valence-corrected chi connectivity index (χ0v) is 6.60. The Morgan fingerprint density at radius 2 is 2.27 bits per heavy atom. The molecule has 0 radical (unpaired) electrons. The van der Waals surface area contributed by atoms with E-state index in [9.17, 15) is 0 Å². The third kappa shape index (κ3) is 1.60. The van der Waals surface area contributed by atoms with Crippen molar-refractivity contribution in [1.82, 2.24) is 0 Å². The second-order valence-corrected chi connectivity index (χ2v) is 2.46. The molecule has 0 unspecified atom stereocenters. The van der Waals surface area contributed by atoms with E-state index in [1.807, 2.05) is 0 Å². The van der Waals surface area contributed by atoms with Crippen LogP contribution in [0.4, 0.5) is 5.69 Å². The fourth-order valence-electron chi connectivity index (χ4n) is 0.791. The SMILES string of the molecule is [C-]#[N+]c1ccc(Cl)cc1C=C. The van der Waals surface area contributed by atoms with Gasteiger partial charge in [0.05, 0.1) is 6.57 Å². The summed E-state index contributed by atoms with van der Waals surface area (Å²) in [5.74, 6) is 0. The second-order valence-electron chi connectivity index (χ2n) is 2.02. The Balaban J connectivity index is 3.30. The third-order valence-corrected chi connectivity index (χ3v) is 1.57. The maximum Gasteiger partial charge on any atom is 0.194 e. The van der Waals surface area contributed by atoms with E-state index in [2.05, 4.69) is 11.4 Å². The van der Waals surface area contributed by atoms with Crippen LogP contribution in [-0.4, -0.2) is 0 Å². The largest absolute Gasteiger partial charge is 0.238 e. The van der Waals surface area contributed by atoms with Crippen LogP contribution in [0.2, 0.25) is 5.02 Å². The molecular weight excluding hydrogens is 158 g/mol. The minimum absolute atomic E-state index is 0.587. The highest BCUT2D eigenvalue weighted by Crippen LogP contribution is 2.23. The molecule has 1 rings (SSSR count). The van der Waals surface area contributed by atoms with Crippen molar-refractivity contribution < 1.29 is 0 Å². The summed E-state index contributed by atoms with van der Waals surface area (Å²) in [6, 6.07) is 5.11. The first-order valence-electron chi connectivity index (χ1n) is 3.07. The van der Waals surface area contributed by atoms with Gasteiger partial charge in [-0.15, -0.1) is 0 Å². The van der Waals surface area contributed by atoms with Crippen LogP contribution in [0.5, 0.6) is 0 Å². The molecule has 0 aromatic heterocycles. The van der Waals surface area contributed by atoms with Gasteiger partial charge in [0.15, 0.2) is 5.69 Å². The molecule has 0 aliphatic carbocycles. The molecule has 54 valence electrons. The van der Waals surface area contributed by atoms with Gasteiger partial charge >= 0.3 is 0 Å². The lowest BCUT2D eigenvalue weighted by Gasteiger charge is -1.96. The molecule has 0 N–H and O–H groups in total. The van der Waals surface area contributed by atoms with Crippen molar-refractivity contribution in [3.63, 3.8) is 0 Å². The van der Waals surface area contributed by atoms with Gasteiger partial charge in [-0.25, -0.2) is 4.85 Å². The molecule has 1 nitrogen and oxygen atoms in total. The number of benzene rings is 1. The van der Waals surface area contributed by atoms with Crippen LogP contribution in [0.15, 0.2) is 24.8 Å². The molecule has 0 saturated carbocycles. The van der Waals surface area contributed by atoms with Gasteiger partial charge < -0.3 is 0 Å². The molecule has 0 fully saturated rings. The second kappa shape index (κ2) is 3.23. The summed E-state index contributed by atoms with van der Waals surface area (Å²) in [6.07, 6.45) is 1.62. The van der Waals surface area contributed by atoms with Crippen LogP contribution < -0.4 is 0 Å². The Labute approximate surface area is 70.7 Å². The number of rotatable bonds is 1. The Kier molecular flexibility index (Phi) is 2.30. The molecule has 0 heterocycles. The van der Waals surface area contributed by atoms with Gasteiger partial charge in [-0.2, -0.15) is 0 Å². The van der Waals surface area contributed by atoms with E-state index >= 15 is 0 Å². The first-order chi connectivity index (χ1) is 5.27. The van der Waals surface area contributed by atoms with E-state index in [1.54, 1.807) is 24.3 Å². The smallest absolute Gasteiger partial charge is 0.194 e. The molecule has 0 amide bonds. The van der Waals surface area contributed by atoms with Crippen LogP contribution in [0, 0.1) is 6.57 Å². The zero-order valence-electron chi connectivity index (χ0n) is 5.84. The average molecular weight is 164 g/mol. The maximum atomic E-state index is 6.79. The van der Waals surface area contributed by atoms with E-state index in [0.717, 1.165) is 5.56 Å². The molecule has 1 aromatic carbocycles. The Bertz CT molecular complexity index is 323. The highest BCUT2D eigenvalue weighted by molar-refractivity contribution is 6.30. The highest BCUT2D eigenvalue weighted by Gasteiger charge is 1.97. The van der Waals surface area contributed by atoms with E-state index < -0.39 is 0 Å². The molecule has 0 atom stereocenters. The van der Waals surface area contributed by atoms with Crippen molar-refractivity contribution in [2.45, 2.75) is 0 Å². The molecule has 2 heteroatoms. The van der Waals surface area contributed by atoms with Crippen molar-refractivity contribution in [3.8, 4) is 0 Å². The van der Waals surface area contributed by atoms with Gasteiger partial charge in [0.2, 0.25) is 0 Å². The highest BCUT2D eigenvalue weighted by atomic mass is 35.5. The van der Waals surface area contributed by atoms with Crippen LogP contribution >= 0.6 is 11.6 Å². The zero-order chi connectivity index (χ0) is 8.27. The van der Waals surface area contributed by atoms with Gasteiger partial charge in [0.1, 0.15) is 0 Å². The standard InChI is InChI=1S/C9H6ClN/c1-3-7-6-8(10)4-5-9(7)11-2/h3-6H,1H2. The predicted molar refractivity (Wildman–Crippen MR) is 47.8 cm³/mol. The minimum Gasteiger partial charge on any atom is -0.238 e. The summed E-state index contributed by atoms with van der Waals surface area (Å²) >= 11 is 5.70. The molecule has 11 heavy (non-hydrogen) atoms. The Morgan fingerprint density at radius 3 is 2.82 bits per heavy atom. The maximum absolute atomic E-state index is 6.79. The van der Waals surface area contributed by atoms with Crippen molar-refractivity contribution in [3.05, 3.63) is 46.8 Å². The molecule has 0 aliphatic heterocycles. The normalized spacial score (nSPS) is 8.73. The van der Waals surface area contributed by atoms with Gasteiger partial charge in [0, 0.05) is 5.02 Å². The van der Waals surface area contributed by atoms with Crippen molar-refractivity contribution >= 4 is 23.4 Å². The lowest BCUT2D eigenvalue weighted by atomic mass is 10.2. The van der Waals surface area contributed by atoms with Crippen LogP contribution in [0.25, 0.3) is 10.9 Å². The summed E-state index contributed by atoms with van der Waals surface area (Å²) < 4.78 is 0. The summed E-state index contributed by atoms with van der Waals surface area (Å²) in [6.45, 7) is 10.4. The van der Waals surface area contributed by atoms with Gasteiger partial charge in [-0.05, 0) is 11.6 Å². The predicted octanol–water partition coefficient (Wildman–Crippen LogP) is 3.53. The molecule has 0 saturated heterocycles. The fraction of sp³-hybridized carbons (Fsp3) is 0. The summed E-state index contributed by atoms with van der Waals surface area (Å²) in [5.41, 5.74) is 1.37. The number of nitrogens with zero attached hydrogens (tertiary/aromatic N) is 1. The first-order valence-corrected chi connectivity index (χ1v) is 3.45. The van der Waals surface area contributed by atoms with Crippen LogP contribution in [0.3, 0.4) is 0 Å². The molecule has 0 spiro atoms. The summed E-state index contributed by atoms with van der Waals surface area (Å²) in [5, 5.41) is 0.632. The monoisotopic (exact) mass is 163 g/mol. The van der Waals surface area contributed by atoms with Crippen molar-refractivity contribution in [2.75, 3.05) is 0 Å². The topological polar surface area (TPSA) is 4.36 Å². The van der Waals surface area contributed by atoms with Crippen molar-refractivity contribution in [1.29, 1.82) is 0 Å². The van der Waals surface area contributed by atoms with E-state index in [1.165, 1.54) is 0 Å². The van der Waals surface area contributed by atoms with Gasteiger partial charge in [-0.3, -0.25) is 0 Å². The molecule has 0 bridgehead atoms. The lowest BCUT2D eigenvalue weighted by Crippen LogP contribution is -1.71. The number of halogens is 1. The van der Waals surface area contributed by atoms with E-state index in [-0.39, 0.29) is 0 Å².